The van der Waals surface area contributed by atoms with Crippen molar-refractivity contribution in [2.75, 3.05) is 6.61 Å². The van der Waals surface area contributed by atoms with Crippen LogP contribution in [0.3, 0.4) is 0 Å². The zero-order valence-electron chi connectivity index (χ0n) is 10.3. The number of aliphatic hydroxyl groups is 1. The number of nitrogens with one attached hydrogen (secondary N) is 1. The Balaban J connectivity index is 2.02. The molecular formula is C15H15Br2NO. The molecular weight excluding hydrogens is 370 g/mol. The van der Waals surface area contributed by atoms with E-state index in [1.807, 2.05) is 36.4 Å². The van der Waals surface area contributed by atoms with Crippen molar-refractivity contribution in [3.05, 3.63) is 68.6 Å². The van der Waals surface area contributed by atoms with Gasteiger partial charge in [-0.15, -0.1) is 0 Å². The van der Waals surface area contributed by atoms with E-state index in [4.69, 9.17) is 0 Å². The molecule has 0 aliphatic heterocycles. The van der Waals surface area contributed by atoms with Gasteiger partial charge in [0.1, 0.15) is 0 Å². The molecule has 2 aromatic rings. The second kappa shape index (κ2) is 7.20. The van der Waals surface area contributed by atoms with Crippen molar-refractivity contribution >= 4 is 31.9 Å². The standard InChI is InChI=1S/C15H15Br2NO/c16-13-7-6-11(8-14(13)17)9-18-15(10-19)12-4-2-1-3-5-12/h1-8,15,18-19H,9-10H2/t15-/m1/s1. The SMILES string of the molecule is OC[C@@H](NCc1ccc(Br)c(Br)c1)c1ccccc1. The molecule has 0 fully saturated rings. The summed E-state index contributed by atoms with van der Waals surface area (Å²) in [6.45, 7) is 0.799. The van der Waals surface area contributed by atoms with Crippen molar-refractivity contribution in [1.82, 2.24) is 5.32 Å². The lowest BCUT2D eigenvalue weighted by molar-refractivity contribution is 0.243. The highest BCUT2D eigenvalue weighted by atomic mass is 79.9. The molecule has 1 atom stereocenters. The summed E-state index contributed by atoms with van der Waals surface area (Å²) < 4.78 is 2.07. The Bertz CT molecular complexity index is 531. The second-order valence-corrected chi connectivity index (χ2v) is 5.98. The number of rotatable bonds is 5. The van der Waals surface area contributed by atoms with E-state index >= 15 is 0 Å². The van der Waals surface area contributed by atoms with Gasteiger partial charge < -0.3 is 10.4 Å². The third-order valence-electron chi connectivity index (χ3n) is 2.92. The summed E-state index contributed by atoms with van der Waals surface area (Å²) in [5, 5.41) is 12.8. The van der Waals surface area contributed by atoms with E-state index in [0.717, 1.165) is 14.5 Å². The number of benzene rings is 2. The number of halogens is 2. The molecule has 0 bridgehead atoms. The third kappa shape index (κ3) is 4.14. The quantitative estimate of drug-likeness (QED) is 0.815. The van der Waals surface area contributed by atoms with Crippen molar-refractivity contribution in [2.45, 2.75) is 12.6 Å². The highest BCUT2D eigenvalue weighted by molar-refractivity contribution is 9.13. The summed E-state index contributed by atoms with van der Waals surface area (Å²) in [6, 6.07) is 16.1. The highest BCUT2D eigenvalue weighted by Gasteiger charge is 2.09. The van der Waals surface area contributed by atoms with Gasteiger partial charge in [0.2, 0.25) is 0 Å². The van der Waals surface area contributed by atoms with Crippen LogP contribution in [0.15, 0.2) is 57.5 Å². The first-order valence-electron chi connectivity index (χ1n) is 6.04. The summed E-state index contributed by atoms with van der Waals surface area (Å²) in [5.41, 5.74) is 2.27. The van der Waals surface area contributed by atoms with Crippen LogP contribution in [-0.2, 0) is 6.54 Å². The van der Waals surface area contributed by atoms with E-state index in [1.54, 1.807) is 0 Å². The summed E-state index contributed by atoms with van der Waals surface area (Å²) in [4.78, 5) is 0. The van der Waals surface area contributed by atoms with Crippen molar-refractivity contribution in [3.63, 3.8) is 0 Å². The molecule has 0 amide bonds. The first-order valence-corrected chi connectivity index (χ1v) is 7.62. The normalized spacial score (nSPS) is 12.4. The molecule has 0 saturated heterocycles. The molecule has 4 heteroatoms. The predicted octanol–water partition coefficient (Wildman–Crippen LogP) is 4.03. The molecule has 0 aromatic heterocycles. The van der Waals surface area contributed by atoms with Gasteiger partial charge in [-0.25, -0.2) is 0 Å². The average molecular weight is 385 g/mol. The fourth-order valence-electron chi connectivity index (χ4n) is 1.86. The van der Waals surface area contributed by atoms with Crippen LogP contribution in [0.1, 0.15) is 17.2 Å². The van der Waals surface area contributed by atoms with Gasteiger partial charge >= 0.3 is 0 Å². The minimum Gasteiger partial charge on any atom is -0.394 e. The number of aliphatic hydroxyl groups excluding tert-OH is 1. The van der Waals surface area contributed by atoms with E-state index in [9.17, 15) is 5.11 Å². The molecule has 2 nitrogen and oxygen atoms in total. The molecule has 100 valence electrons. The van der Waals surface area contributed by atoms with E-state index in [1.165, 1.54) is 5.56 Å². The van der Waals surface area contributed by atoms with Gasteiger partial charge in [-0.05, 0) is 55.1 Å². The molecule has 19 heavy (non-hydrogen) atoms. The number of hydrogen-bond acceptors (Lipinski definition) is 2. The third-order valence-corrected chi connectivity index (χ3v) is 4.80. The molecule has 0 aliphatic rings. The van der Waals surface area contributed by atoms with Gasteiger partial charge in [0.05, 0.1) is 12.6 Å². The van der Waals surface area contributed by atoms with Crippen LogP contribution in [0.4, 0.5) is 0 Å². The van der Waals surface area contributed by atoms with Crippen molar-refractivity contribution in [1.29, 1.82) is 0 Å². The summed E-state index contributed by atoms with van der Waals surface area (Å²) in [6.07, 6.45) is 0. The minimum absolute atomic E-state index is 0.0383. The van der Waals surface area contributed by atoms with Gasteiger partial charge in [0.25, 0.3) is 0 Å². The maximum atomic E-state index is 9.48. The van der Waals surface area contributed by atoms with Gasteiger partial charge in [0.15, 0.2) is 0 Å². The van der Waals surface area contributed by atoms with Gasteiger partial charge in [-0.2, -0.15) is 0 Å². The lowest BCUT2D eigenvalue weighted by atomic mass is 10.1. The molecule has 0 radical (unpaired) electrons. The van der Waals surface area contributed by atoms with Crippen LogP contribution in [0.2, 0.25) is 0 Å². The van der Waals surface area contributed by atoms with Crippen LogP contribution in [0.5, 0.6) is 0 Å². The second-order valence-electron chi connectivity index (χ2n) is 4.28. The van der Waals surface area contributed by atoms with Crippen molar-refractivity contribution in [2.24, 2.45) is 0 Å². The molecule has 0 spiro atoms. The van der Waals surface area contributed by atoms with Crippen LogP contribution < -0.4 is 5.32 Å². The van der Waals surface area contributed by atoms with E-state index in [-0.39, 0.29) is 12.6 Å². The molecule has 2 rings (SSSR count). The number of hydrogen-bond donors (Lipinski definition) is 2. The zero-order chi connectivity index (χ0) is 13.7. The van der Waals surface area contributed by atoms with E-state index < -0.39 is 0 Å². The largest absolute Gasteiger partial charge is 0.394 e. The summed E-state index contributed by atoms with van der Waals surface area (Å²) in [5.74, 6) is 0. The Kier molecular flexibility index (Phi) is 5.58. The fourth-order valence-corrected chi connectivity index (χ4v) is 2.54. The Hall–Kier alpha value is -0.680. The zero-order valence-corrected chi connectivity index (χ0v) is 13.5. The molecule has 0 aliphatic carbocycles. The van der Waals surface area contributed by atoms with E-state index in [0.29, 0.717) is 6.54 Å². The van der Waals surface area contributed by atoms with Gasteiger partial charge in [-0.3, -0.25) is 0 Å². The smallest absolute Gasteiger partial charge is 0.0626 e. The lowest BCUT2D eigenvalue weighted by Crippen LogP contribution is -2.23. The molecule has 0 saturated carbocycles. The maximum Gasteiger partial charge on any atom is 0.0626 e. The van der Waals surface area contributed by atoms with Crippen LogP contribution in [0, 0.1) is 0 Å². The first kappa shape index (κ1) is 14.7. The van der Waals surface area contributed by atoms with Crippen LogP contribution >= 0.6 is 31.9 Å². The van der Waals surface area contributed by atoms with Crippen molar-refractivity contribution < 1.29 is 5.11 Å². The van der Waals surface area contributed by atoms with Crippen LogP contribution in [-0.4, -0.2) is 11.7 Å². The maximum absolute atomic E-state index is 9.48. The molecule has 2 N–H and O–H groups in total. The van der Waals surface area contributed by atoms with Gasteiger partial charge in [0, 0.05) is 15.5 Å². The molecule has 0 unspecified atom stereocenters. The van der Waals surface area contributed by atoms with E-state index in [2.05, 4.69) is 49.3 Å². The van der Waals surface area contributed by atoms with Crippen molar-refractivity contribution in [3.8, 4) is 0 Å². The predicted molar refractivity (Wildman–Crippen MR) is 85.0 cm³/mol. The minimum atomic E-state index is -0.0383. The first-order chi connectivity index (χ1) is 9.20. The Labute approximate surface area is 130 Å². The summed E-state index contributed by atoms with van der Waals surface area (Å²) >= 11 is 6.94. The fraction of sp³-hybridized carbons (Fsp3) is 0.200. The average Bonchev–Trinajstić information content (AvgIpc) is 2.44. The molecule has 2 aromatic carbocycles. The Morgan fingerprint density at radius 3 is 2.37 bits per heavy atom. The monoisotopic (exact) mass is 383 g/mol. The highest BCUT2D eigenvalue weighted by Crippen LogP contribution is 2.24. The Morgan fingerprint density at radius 1 is 1.00 bits per heavy atom. The van der Waals surface area contributed by atoms with Gasteiger partial charge in [-0.1, -0.05) is 36.4 Å². The Morgan fingerprint density at radius 2 is 1.74 bits per heavy atom. The molecule has 0 heterocycles. The topological polar surface area (TPSA) is 32.3 Å². The van der Waals surface area contributed by atoms with Crippen LogP contribution in [0.25, 0.3) is 0 Å². The lowest BCUT2D eigenvalue weighted by Gasteiger charge is -2.17. The summed E-state index contributed by atoms with van der Waals surface area (Å²) in [7, 11) is 0.